The van der Waals surface area contributed by atoms with Crippen molar-refractivity contribution in [2.24, 2.45) is 5.16 Å². The Labute approximate surface area is 88.0 Å². The van der Waals surface area contributed by atoms with Crippen LogP contribution >= 0.6 is 0 Å². The minimum Gasteiger partial charge on any atom is -0.396 e. The van der Waals surface area contributed by atoms with Crippen molar-refractivity contribution in [2.75, 3.05) is 6.61 Å². The number of imidazole rings is 1. The van der Waals surface area contributed by atoms with Crippen LogP contribution in [0.5, 0.6) is 0 Å². The van der Waals surface area contributed by atoms with Gasteiger partial charge in [0, 0.05) is 0 Å². The molecule has 1 N–H and O–H groups in total. The van der Waals surface area contributed by atoms with Gasteiger partial charge < -0.3 is 9.82 Å². The third-order valence-electron chi connectivity index (χ3n) is 2.06. The van der Waals surface area contributed by atoms with Gasteiger partial charge in [0.25, 0.3) is 0 Å². The van der Waals surface area contributed by atoms with E-state index in [1.54, 1.807) is 0 Å². The second kappa shape index (κ2) is 4.13. The summed E-state index contributed by atoms with van der Waals surface area (Å²) in [6.07, 6.45) is 0. The van der Waals surface area contributed by atoms with E-state index >= 15 is 0 Å². The quantitative estimate of drug-likeness (QED) is 0.614. The maximum atomic E-state index is 4.97. The lowest BCUT2D eigenvalue weighted by atomic mass is 10.3. The first-order valence-electron chi connectivity index (χ1n) is 4.93. The second-order valence-electron chi connectivity index (χ2n) is 3.20. The Hall–Kier alpha value is -1.84. The maximum Gasteiger partial charge on any atom is 0.156 e. The molecule has 78 valence electrons. The third-order valence-corrected chi connectivity index (χ3v) is 2.06. The normalized spacial score (nSPS) is 12.0. The zero-order valence-corrected chi connectivity index (χ0v) is 8.82. The average molecular weight is 203 g/mol. The van der Waals surface area contributed by atoms with Crippen LogP contribution in [0.15, 0.2) is 29.4 Å². The highest BCUT2D eigenvalue weighted by atomic mass is 16.6. The summed E-state index contributed by atoms with van der Waals surface area (Å²) in [4.78, 5) is 12.6. The van der Waals surface area contributed by atoms with Gasteiger partial charge in [-0.15, -0.1) is 0 Å². The molecular weight excluding hydrogens is 190 g/mol. The predicted octanol–water partition coefficient (Wildman–Crippen LogP) is 2.32. The number of hydrogen-bond donors (Lipinski definition) is 1. The molecule has 4 nitrogen and oxygen atoms in total. The van der Waals surface area contributed by atoms with Gasteiger partial charge in [0.2, 0.25) is 0 Å². The predicted molar refractivity (Wildman–Crippen MR) is 59.9 cm³/mol. The molecule has 0 unspecified atom stereocenters. The van der Waals surface area contributed by atoms with Crippen molar-refractivity contribution in [3.05, 3.63) is 30.1 Å². The van der Waals surface area contributed by atoms with Crippen molar-refractivity contribution in [2.45, 2.75) is 13.8 Å². The lowest BCUT2D eigenvalue weighted by Crippen LogP contribution is -1.98. The van der Waals surface area contributed by atoms with Crippen LogP contribution in [0.4, 0.5) is 0 Å². The molecule has 0 aliphatic heterocycles. The first-order valence-corrected chi connectivity index (χ1v) is 4.93. The highest BCUT2D eigenvalue weighted by molar-refractivity contribution is 5.97. The van der Waals surface area contributed by atoms with Crippen molar-refractivity contribution in [3.63, 3.8) is 0 Å². The maximum absolute atomic E-state index is 4.97. The van der Waals surface area contributed by atoms with Gasteiger partial charge in [-0.2, -0.15) is 0 Å². The lowest BCUT2D eigenvalue weighted by molar-refractivity contribution is 0.158. The van der Waals surface area contributed by atoms with Crippen LogP contribution in [-0.2, 0) is 4.84 Å². The molecule has 2 rings (SSSR count). The minimum atomic E-state index is 0.567. The van der Waals surface area contributed by atoms with E-state index in [2.05, 4.69) is 15.1 Å². The molecule has 0 saturated carbocycles. The molecule has 0 bridgehead atoms. The number of rotatable bonds is 3. The molecule has 15 heavy (non-hydrogen) atoms. The first kappa shape index (κ1) is 9.71. The topological polar surface area (TPSA) is 50.3 Å². The fourth-order valence-corrected chi connectivity index (χ4v) is 1.33. The summed E-state index contributed by atoms with van der Waals surface area (Å²) < 4.78 is 0. The molecular formula is C11H13N3O. The number of nitrogens with one attached hydrogen (secondary N) is 1. The van der Waals surface area contributed by atoms with E-state index in [9.17, 15) is 0 Å². The molecule has 0 aliphatic carbocycles. The summed E-state index contributed by atoms with van der Waals surface area (Å²) >= 11 is 0. The molecule has 0 atom stereocenters. The summed E-state index contributed by atoms with van der Waals surface area (Å²) in [7, 11) is 0. The van der Waals surface area contributed by atoms with Crippen molar-refractivity contribution < 1.29 is 4.84 Å². The van der Waals surface area contributed by atoms with Crippen molar-refractivity contribution in [3.8, 4) is 0 Å². The Kier molecular flexibility index (Phi) is 2.67. The van der Waals surface area contributed by atoms with Gasteiger partial charge in [0.15, 0.2) is 5.82 Å². The van der Waals surface area contributed by atoms with Gasteiger partial charge >= 0.3 is 0 Å². The Morgan fingerprint density at radius 3 is 3.00 bits per heavy atom. The van der Waals surface area contributed by atoms with E-state index in [0.29, 0.717) is 6.61 Å². The standard InChI is InChI=1S/C11H13N3O/c1-3-15-14-8(2)11-12-9-6-4-5-7-10(9)13-11/h4-7H,3H2,1-2H3,(H,12,13). The third kappa shape index (κ3) is 1.98. The van der Waals surface area contributed by atoms with Gasteiger partial charge in [-0.05, 0) is 26.0 Å². The summed E-state index contributed by atoms with van der Waals surface area (Å²) in [5, 5.41) is 3.93. The van der Waals surface area contributed by atoms with E-state index in [1.165, 1.54) is 0 Å². The van der Waals surface area contributed by atoms with Crippen molar-refractivity contribution in [1.82, 2.24) is 9.97 Å². The number of aromatic amines is 1. The molecule has 1 aromatic heterocycles. The van der Waals surface area contributed by atoms with Gasteiger partial charge in [0.05, 0.1) is 11.0 Å². The lowest BCUT2D eigenvalue weighted by Gasteiger charge is -1.94. The molecule has 1 aromatic carbocycles. The number of aromatic nitrogens is 2. The molecule has 0 spiro atoms. The minimum absolute atomic E-state index is 0.567. The fraction of sp³-hybridized carbons (Fsp3) is 0.273. The Morgan fingerprint density at radius 1 is 1.47 bits per heavy atom. The highest BCUT2D eigenvalue weighted by Crippen LogP contribution is 2.10. The summed E-state index contributed by atoms with van der Waals surface area (Å²) in [6.45, 7) is 4.33. The average Bonchev–Trinajstić information content (AvgIpc) is 2.69. The number of oxime groups is 1. The fourth-order valence-electron chi connectivity index (χ4n) is 1.33. The van der Waals surface area contributed by atoms with Crippen molar-refractivity contribution in [1.29, 1.82) is 0 Å². The molecule has 0 amide bonds. The number of hydrogen-bond acceptors (Lipinski definition) is 3. The molecule has 0 fully saturated rings. The number of nitrogens with zero attached hydrogens (tertiary/aromatic N) is 2. The van der Waals surface area contributed by atoms with Gasteiger partial charge in [0.1, 0.15) is 12.3 Å². The smallest absolute Gasteiger partial charge is 0.156 e. The highest BCUT2D eigenvalue weighted by Gasteiger charge is 2.04. The summed E-state index contributed by atoms with van der Waals surface area (Å²) in [6, 6.07) is 7.88. The van der Waals surface area contributed by atoms with E-state index in [-0.39, 0.29) is 0 Å². The Bertz CT molecular complexity index is 454. The van der Waals surface area contributed by atoms with E-state index < -0.39 is 0 Å². The van der Waals surface area contributed by atoms with Crippen LogP contribution in [0.25, 0.3) is 11.0 Å². The SMILES string of the molecule is CCON=C(C)c1nc2ccccc2[nH]1. The number of benzene rings is 1. The largest absolute Gasteiger partial charge is 0.396 e. The number of para-hydroxylation sites is 2. The molecule has 1 heterocycles. The molecule has 0 radical (unpaired) electrons. The van der Waals surface area contributed by atoms with Crippen LogP contribution in [0.3, 0.4) is 0 Å². The Morgan fingerprint density at radius 2 is 2.27 bits per heavy atom. The van der Waals surface area contributed by atoms with E-state index in [0.717, 1.165) is 22.6 Å². The van der Waals surface area contributed by atoms with Gasteiger partial charge in [-0.25, -0.2) is 4.98 Å². The van der Waals surface area contributed by atoms with Crippen LogP contribution < -0.4 is 0 Å². The van der Waals surface area contributed by atoms with E-state index in [4.69, 9.17) is 4.84 Å². The van der Waals surface area contributed by atoms with Gasteiger partial charge in [-0.3, -0.25) is 0 Å². The first-order chi connectivity index (χ1) is 7.31. The van der Waals surface area contributed by atoms with Crippen LogP contribution in [-0.4, -0.2) is 22.3 Å². The number of fused-ring (bicyclic) bond motifs is 1. The second-order valence-corrected chi connectivity index (χ2v) is 3.20. The molecule has 4 heteroatoms. The summed E-state index contributed by atoms with van der Waals surface area (Å²) in [5.74, 6) is 0.754. The van der Waals surface area contributed by atoms with Crippen LogP contribution in [0.2, 0.25) is 0 Å². The van der Waals surface area contributed by atoms with Crippen molar-refractivity contribution >= 4 is 16.7 Å². The van der Waals surface area contributed by atoms with Gasteiger partial charge in [-0.1, -0.05) is 17.3 Å². The number of H-pyrrole nitrogens is 1. The molecule has 0 aliphatic rings. The van der Waals surface area contributed by atoms with Crippen LogP contribution in [0.1, 0.15) is 19.7 Å². The van der Waals surface area contributed by atoms with E-state index in [1.807, 2.05) is 38.1 Å². The zero-order chi connectivity index (χ0) is 10.7. The Balaban J connectivity index is 2.36. The molecule has 0 saturated heterocycles. The van der Waals surface area contributed by atoms with Crippen LogP contribution in [0, 0.1) is 0 Å². The zero-order valence-electron chi connectivity index (χ0n) is 8.82. The molecule has 2 aromatic rings. The monoisotopic (exact) mass is 203 g/mol. The summed E-state index contributed by atoms with van der Waals surface area (Å²) in [5.41, 5.74) is 2.71.